The van der Waals surface area contributed by atoms with E-state index in [1.165, 1.54) is 12.1 Å². The minimum atomic E-state index is -0.572. The van der Waals surface area contributed by atoms with Crippen LogP contribution in [0.15, 0.2) is 30.3 Å². The maximum atomic E-state index is 13.0. The first-order chi connectivity index (χ1) is 9.65. The molecule has 2 aromatic rings. The van der Waals surface area contributed by atoms with Gasteiger partial charge >= 0.3 is 0 Å². The predicted molar refractivity (Wildman–Crippen MR) is 73.6 cm³/mol. The molecular formula is C15H14FN3O. The van der Waals surface area contributed by atoms with Crippen LogP contribution in [0.2, 0.25) is 0 Å². The average Bonchev–Trinajstić information content (AvgIpc) is 2.46. The molecule has 3 N–H and O–H groups in total. The average molecular weight is 271 g/mol. The molecule has 5 heteroatoms. The summed E-state index contributed by atoms with van der Waals surface area (Å²) in [5, 5.41) is 3.21. The van der Waals surface area contributed by atoms with Crippen molar-refractivity contribution in [3.63, 3.8) is 0 Å². The summed E-state index contributed by atoms with van der Waals surface area (Å²) >= 11 is 0. The quantitative estimate of drug-likeness (QED) is 0.872. The minimum Gasteiger partial charge on any atom is -0.364 e. The van der Waals surface area contributed by atoms with Gasteiger partial charge in [-0.2, -0.15) is 0 Å². The highest BCUT2D eigenvalue weighted by molar-refractivity contribution is 5.98. The van der Waals surface area contributed by atoms with Gasteiger partial charge in [-0.25, -0.2) is 9.37 Å². The molecule has 0 bridgehead atoms. The van der Waals surface area contributed by atoms with E-state index in [-0.39, 0.29) is 11.5 Å². The van der Waals surface area contributed by atoms with Crippen LogP contribution in [0.3, 0.4) is 0 Å². The third-order valence-corrected chi connectivity index (χ3v) is 3.44. The Bertz CT molecular complexity index is 668. The molecule has 1 amide bonds. The Morgan fingerprint density at radius 3 is 2.75 bits per heavy atom. The molecule has 1 aromatic heterocycles. The van der Waals surface area contributed by atoms with Crippen LogP contribution in [-0.2, 0) is 13.0 Å². The largest absolute Gasteiger partial charge is 0.364 e. The molecule has 0 aliphatic carbocycles. The molecule has 4 nitrogen and oxygen atoms in total. The second-order valence-electron chi connectivity index (χ2n) is 4.79. The summed E-state index contributed by atoms with van der Waals surface area (Å²) in [5.74, 6) is -0.887. The third-order valence-electron chi connectivity index (χ3n) is 3.44. The van der Waals surface area contributed by atoms with E-state index in [0.29, 0.717) is 12.1 Å². The van der Waals surface area contributed by atoms with E-state index >= 15 is 0 Å². The highest BCUT2D eigenvalue weighted by atomic mass is 19.1. The summed E-state index contributed by atoms with van der Waals surface area (Å²) in [6, 6.07) is 7.93. The van der Waals surface area contributed by atoms with Crippen molar-refractivity contribution < 1.29 is 9.18 Å². The molecule has 0 saturated heterocycles. The fraction of sp³-hybridized carbons (Fsp3) is 0.200. The summed E-state index contributed by atoms with van der Waals surface area (Å²) < 4.78 is 13.0. The lowest BCUT2D eigenvalue weighted by Crippen LogP contribution is -2.26. The molecule has 0 radical (unpaired) electrons. The molecule has 0 unspecified atom stereocenters. The van der Waals surface area contributed by atoms with Crippen LogP contribution < -0.4 is 11.1 Å². The number of primary amides is 1. The number of amides is 1. The van der Waals surface area contributed by atoms with Gasteiger partial charge in [0.15, 0.2) is 0 Å². The Morgan fingerprint density at radius 1 is 1.30 bits per heavy atom. The normalized spacial score (nSPS) is 13.8. The van der Waals surface area contributed by atoms with E-state index in [0.717, 1.165) is 29.8 Å². The summed E-state index contributed by atoms with van der Waals surface area (Å²) in [6.07, 6.45) is 0.857. The second-order valence-corrected chi connectivity index (χ2v) is 4.79. The van der Waals surface area contributed by atoms with Gasteiger partial charge in [0, 0.05) is 12.1 Å². The fourth-order valence-electron chi connectivity index (χ4n) is 2.43. The number of carbonyl (C=O) groups excluding carboxylic acids is 1. The molecule has 0 atom stereocenters. The van der Waals surface area contributed by atoms with Crippen molar-refractivity contribution in [3.8, 4) is 11.1 Å². The number of carbonyl (C=O) groups is 1. The number of halogens is 1. The Balaban J connectivity index is 2.17. The monoisotopic (exact) mass is 271 g/mol. The number of nitrogens with one attached hydrogen (secondary N) is 1. The number of nitrogens with zero attached hydrogens (tertiary/aromatic N) is 1. The molecule has 2 heterocycles. The van der Waals surface area contributed by atoms with Crippen molar-refractivity contribution in [2.24, 2.45) is 5.73 Å². The van der Waals surface area contributed by atoms with Gasteiger partial charge < -0.3 is 11.1 Å². The van der Waals surface area contributed by atoms with Crippen LogP contribution in [0.5, 0.6) is 0 Å². The zero-order chi connectivity index (χ0) is 14.1. The molecule has 0 saturated carbocycles. The highest BCUT2D eigenvalue weighted by Gasteiger charge is 2.18. The number of benzene rings is 1. The second kappa shape index (κ2) is 5.02. The number of fused-ring (bicyclic) bond motifs is 1. The van der Waals surface area contributed by atoms with Crippen molar-refractivity contribution in [3.05, 3.63) is 53.1 Å². The van der Waals surface area contributed by atoms with Crippen molar-refractivity contribution in [2.75, 3.05) is 6.54 Å². The molecule has 1 aliphatic heterocycles. The molecule has 1 aliphatic rings. The van der Waals surface area contributed by atoms with E-state index in [9.17, 15) is 9.18 Å². The van der Waals surface area contributed by atoms with Crippen LogP contribution in [0.25, 0.3) is 11.1 Å². The van der Waals surface area contributed by atoms with Gasteiger partial charge in [-0.3, -0.25) is 4.79 Å². The number of aromatic nitrogens is 1. The van der Waals surface area contributed by atoms with Gasteiger partial charge in [-0.05, 0) is 42.3 Å². The van der Waals surface area contributed by atoms with Crippen molar-refractivity contribution in [2.45, 2.75) is 13.0 Å². The minimum absolute atomic E-state index is 0.235. The van der Waals surface area contributed by atoms with Crippen molar-refractivity contribution in [1.82, 2.24) is 10.3 Å². The molecule has 0 spiro atoms. The zero-order valence-electron chi connectivity index (χ0n) is 10.8. The van der Waals surface area contributed by atoms with Crippen LogP contribution in [-0.4, -0.2) is 17.4 Å². The molecular weight excluding hydrogens is 257 g/mol. The summed E-state index contributed by atoms with van der Waals surface area (Å²) in [6.45, 7) is 1.52. The molecule has 3 rings (SSSR count). The molecule has 102 valence electrons. The topological polar surface area (TPSA) is 68.0 Å². The first-order valence-corrected chi connectivity index (χ1v) is 6.44. The Hall–Kier alpha value is -2.27. The Morgan fingerprint density at radius 2 is 2.05 bits per heavy atom. The number of hydrogen-bond donors (Lipinski definition) is 2. The van der Waals surface area contributed by atoms with Gasteiger partial charge in [0.2, 0.25) is 0 Å². The van der Waals surface area contributed by atoms with E-state index in [1.54, 1.807) is 12.1 Å². The van der Waals surface area contributed by atoms with E-state index in [2.05, 4.69) is 10.3 Å². The van der Waals surface area contributed by atoms with Crippen molar-refractivity contribution >= 4 is 5.91 Å². The van der Waals surface area contributed by atoms with E-state index in [4.69, 9.17) is 5.73 Å². The lowest BCUT2D eigenvalue weighted by atomic mass is 9.97. The van der Waals surface area contributed by atoms with E-state index < -0.39 is 5.91 Å². The van der Waals surface area contributed by atoms with Crippen molar-refractivity contribution in [1.29, 1.82) is 0 Å². The molecule has 0 fully saturated rings. The van der Waals surface area contributed by atoms with Gasteiger partial charge in [-0.15, -0.1) is 0 Å². The smallest absolute Gasteiger partial charge is 0.267 e. The standard InChI is InChI=1S/C15H14FN3O/c16-11-3-1-9(2-4-11)12-7-10-5-6-18-8-13(10)19-14(12)15(17)20/h1-4,7,18H,5-6,8H2,(H2,17,20). The summed E-state index contributed by atoms with van der Waals surface area (Å²) in [4.78, 5) is 16.0. The van der Waals surface area contributed by atoms with Gasteiger partial charge in [0.1, 0.15) is 11.5 Å². The number of nitrogens with two attached hydrogens (primary N) is 1. The number of rotatable bonds is 2. The Labute approximate surface area is 115 Å². The fourth-order valence-corrected chi connectivity index (χ4v) is 2.43. The van der Waals surface area contributed by atoms with Crippen LogP contribution in [0.4, 0.5) is 4.39 Å². The zero-order valence-corrected chi connectivity index (χ0v) is 10.8. The highest BCUT2D eigenvalue weighted by Crippen LogP contribution is 2.26. The molecule has 20 heavy (non-hydrogen) atoms. The maximum absolute atomic E-state index is 13.0. The number of pyridine rings is 1. The first kappa shape index (κ1) is 12.7. The van der Waals surface area contributed by atoms with E-state index in [1.807, 2.05) is 6.07 Å². The lowest BCUT2D eigenvalue weighted by Gasteiger charge is -2.19. The van der Waals surface area contributed by atoms with Gasteiger partial charge in [0.25, 0.3) is 5.91 Å². The summed E-state index contributed by atoms with van der Waals surface area (Å²) in [7, 11) is 0. The lowest BCUT2D eigenvalue weighted by molar-refractivity contribution is 0.0996. The van der Waals surface area contributed by atoms with Crippen LogP contribution in [0, 0.1) is 5.82 Å². The predicted octanol–water partition coefficient (Wildman–Crippen LogP) is 1.63. The van der Waals surface area contributed by atoms with Gasteiger partial charge in [0.05, 0.1) is 5.69 Å². The maximum Gasteiger partial charge on any atom is 0.267 e. The van der Waals surface area contributed by atoms with Gasteiger partial charge in [-0.1, -0.05) is 12.1 Å². The summed E-state index contributed by atoms with van der Waals surface area (Å²) in [5.41, 5.74) is 9.03. The van der Waals surface area contributed by atoms with Crippen LogP contribution in [0.1, 0.15) is 21.7 Å². The van der Waals surface area contributed by atoms with Crippen LogP contribution >= 0.6 is 0 Å². The Kier molecular flexibility index (Phi) is 3.20. The first-order valence-electron chi connectivity index (χ1n) is 6.44. The molecule has 1 aromatic carbocycles. The SMILES string of the molecule is NC(=O)c1nc2c(cc1-c1ccc(F)cc1)CCNC2. The third kappa shape index (κ3) is 2.28. The number of hydrogen-bond acceptors (Lipinski definition) is 3.